The van der Waals surface area contributed by atoms with Crippen molar-refractivity contribution in [2.45, 2.75) is 0 Å². The number of methoxy groups -OCH3 is 4. The first-order chi connectivity index (χ1) is 19.0. The van der Waals surface area contributed by atoms with Gasteiger partial charge in [-0.1, -0.05) is 11.6 Å². The van der Waals surface area contributed by atoms with E-state index in [0.29, 0.717) is 28.0 Å². The molecule has 2 N–H and O–H groups in total. The Balaban J connectivity index is 0.000000202. The van der Waals surface area contributed by atoms with Gasteiger partial charge in [-0.15, -0.1) is 0 Å². The van der Waals surface area contributed by atoms with Crippen LogP contribution in [0.3, 0.4) is 0 Å². The van der Waals surface area contributed by atoms with Crippen molar-refractivity contribution in [1.82, 2.24) is 19.9 Å². The number of H-pyrrole nitrogens is 2. The predicted molar refractivity (Wildman–Crippen MR) is 157 cm³/mol. The number of rotatable bonds is 4. The molecule has 0 amide bonds. The molecule has 5 heterocycles. The van der Waals surface area contributed by atoms with Crippen LogP contribution in [0, 0.1) is 0 Å². The summed E-state index contributed by atoms with van der Waals surface area (Å²) in [5, 5.41) is 0.409. The molecular formula is C30H27ClFeN4O4. The minimum atomic E-state index is 0. The zero-order valence-corrected chi connectivity index (χ0v) is 24.1. The summed E-state index contributed by atoms with van der Waals surface area (Å²) in [6, 6.07) is 18.0. The Kier molecular flexibility index (Phi) is 9.22. The van der Waals surface area contributed by atoms with Crippen LogP contribution in [-0.4, -0.2) is 48.4 Å². The van der Waals surface area contributed by atoms with E-state index in [4.69, 9.17) is 30.5 Å². The number of halogens is 1. The van der Waals surface area contributed by atoms with Crippen LogP contribution in [0.4, 0.5) is 0 Å². The summed E-state index contributed by atoms with van der Waals surface area (Å²) in [6.07, 6.45) is 8.09. The van der Waals surface area contributed by atoms with Gasteiger partial charge in [-0.05, 0) is 72.8 Å². The van der Waals surface area contributed by atoms with E-state index in [2.05, 4.69) is 44.2 Å². The molecule has 0 atom stereocenters. The number of ether oxygens (including phenoxy) is 4. The number of hydrogen-bond acceptors (Lipinski definition) is 6. The van der Waals surface area contributed by atoms with Gasteiger partial charge in [0.05, 0.1) is 56.2 Å². The molecule has 2 aliphatic rings. The van der Waals surface area contributed by atoms with E-state index in [1.165, 1.54) is 28.4 Å². The molecule has 40 heavy (non-hydrogen) atoms. The Morgan fingerprint density at radius 1 is 0.525 bits per heavy atom. The Hall–Kier alpha value is -4.17. The number of fused-ring (bicyclic) bond motifs is 8. The largest absolute Gasteiger partial charge is 0.493 e. The third kappa shape index (κ3) is 6.34. The van der Waals surface area contributed by atoms with E-state index in [0.717, 1.165) is 44.8 Å². The van der Waals surface area contributed by atoms with Gasteiger partial charge in [-0.25, -0.2) is 9.97 Å². The van der Waals surface area contributed by atoms with E-state index in [1.54, 1.807) is 6.07 Å². The second-order valence-corrected chi connectivity index (χ2v) is 8.97. The number of benzene rings is 1. The van der Waals surface area contributed by atoms with Crippen molar-refractivity contribution >= 4 is 58.0 Å². The Morgan fingerprint density at radius 3 is 1.23 bits per heavy atom. The molecule has 0 unspecified atom stereocenters. The molecule has 0 saturated heterocycles. The first-order valence-electron chi connectivity index (χ1n) is 12.1. The standard InChI is InChI=1S/C20H14N4.C10H13ClO4.Fe/c1-2-14-10-16-5-6-18(23-16)12-20-8-7-19(24-20)11-17-4-3-15(22-17)9-13(1)21-14;1-12-7-5-6(11)8(13-2)10(15-4)9(7)14-3;/h1-12,21,24H;5H,1-4H3;. The Morgan fingerprint density at radius 2 is 0.900 bits per heavy atom. The number of nitrogens with zero attached hydrogens (tertiary/aromatic N) is 2. The van der Waals surface area contributed by atoms with E-state index in [9.17, 15) is 0 Å². The average molecular weight is 599 g/mol. The van der Waals surface area contributed by atoms with E-state index in [1.807, 2.05) is 48.6 Å². The molecule has 206 valence electrons. The van der Waals surface area contributed by atoms with Crippen molar-refractivity contribution < 1.29 is 36.0 Å². The first kappa shape index (κ1) is 28.8. The topological polar surface area (TPSA) is 94.3 Å². The van der Waals surface area contributed by atoms with Crippen molar-refractivity contribution in [1.29, 1.82) is 0 Å². The molecule has 10 heteroatoms. The summed E-state index contributed by atoms with van der Waals surface area (Å²) in [5.41, 5.74) is 7.86. The van der Waals surface area contributed by atoms with Crippen molar-refractivity contribution in [2.24, 2.45) is 0 Å². The Labute approximate surface area is 247 Å². The van der Waals surface area contributed by atoms with Gasteiger partial charge in [0.25, 0.3) is 0 Å². The van der Waals surface area contributed by atoms with Crippen LogP contribution >= 0.6 is 11.6 Å². The first-order valence-corrected chi connectivity index (χ1v) is 12.4. The SMILES string of the molecule is C1=Cc2cc3ccc(cc4nc(cc5ccc(cc1n2)[nH]5)C=C4)[nH]3.COc1cc(Cl)c(OC)c(OC)c1OC.[Fe]. The van der Waals surface area contributed by atoms with Crippen LogP contribution in [0.15, 0.2) is 54.6 Å². The summed E-state index contributed by atoms with van der Waals surface area (Å²) in [6.45, 7) is 0. The zero-order chi connectivity index (χ0) is 27.4. The molecule has 8 bridgehead atoms. The van der Waals surface area contributed by atoms with Gasteiger partial charge in [0.1, 0.15) is 0 Å². The fourth-order valence-corrected chi connectivity index (χ4v) is 4.50. The molecule has 0 saturated carbocycles. The molecule has 0 spiro atoms. The average Bonchev–Trinajstić information content (AvgIpc) is 3.74. The monoisotopic (exact) mass is 598 g/mol. The fourth-order valence-electron chi connectivity index (χ4n) is 4.23. The predicted octanol–water partition coefficient (Wildman–Crippen LogP) is 7.03. The molecule has 8 nitrogen and oxygen atoms in total. The maximum absolute atomic E-state index is 5.98. The van der Waals surface area contributed by atoms with Crippen LogP contribution < -0.4 is 18.9 Å². The summed E-state index contributed by atoms with van der Waals surface area (Å²) in [7, 11) is 6.07. The minimum absolute atomic E-state index is 0. The van der Waals surface area contributed by atoms with Crippen LogP contribution in [0.5, 0.6) is 23.0 Å². The molecule has 0 aliphatic carbocycles. The van der Waals surface area contributed by atoms with Gasteiger partial charge in [0.15, 0.2) is 11.5 Å². The number of aromatic nitrogens is 4. The normalized spacial score (nSPS) is 11.2. The fraction of sp³-hybridized carbons (Fsp3) is 0.133. The molecule has 3 aromatic heterocycles. The van der Waals surface area contributed by atoms with Gasteiger partial charge in [-0.3, -0.25) is 0 Å². The smallest absolute Gasteiger partial charge is 0.208 e. The summed E-state index contributed by atoms with van der Waals surface area (Å²) in [4.78, 5) is 16.0. The molecular weight excluding hydrogens is 572 g/mol. The van der Waals surface area contributed by atoms with Crippen molar-refractivity contribution in [3.05, 3.63) is 82.4 Å². The zero-order valence-electron chi connectivity index (χ0n) is 22.3. The van der Waals surface area contributed by atoms with E-state index in [-0.39, 0.29) is 17.1 Å². The third-order valence-electron chi connectivity index (χ3n) is 5.99. The summed E-state index contributed by atoms with van der Waals surface area (Å²) in [5.74, 6) is 1.81. The second kappa shape index (κ2) is 12.8. The van der Waals surface area contributed by atoms with Crippen molar-refractivity contribution in [3.8, 4) is 23.0 Å². The van der Waals surface area contributed by atoms with Crippen LogP contribution in [-0.2, 0) is 17.1 Å². The molecule has 2 aliphatic heterocycles. The Bertz CT molecular complexity index is 1570. The quantitative estimate of drug-likeness (QED) is 0.212. The summed E-state index contributed by atoms with van der Waals surface area (Å²) >= 11 is 5.98. The van der Waals surface area contributed by atoms with E-state index < -0.39 is 0 Å². The van der Waals surface area contributed by atoms with Crippen molar-refractivity contribution in [2.75, 3.05) is 28.4 Å². The van der Waals surface area contributed by atoms with Gasteiger partial charge in [0, 0.05) is 45.2 Å². The minimum Gasteiger partial charge on any atom is -0.493 e. The maximum atomic E-state index is 5.98. The number of hydrogen-bond donors (Lipinski definition) is 2. The van der Waals surface area contributed by atoms with Gasteiger partial charge in [0.2, 0.25) is 11.5 Å². The number of aromatic amines is 2. The van der Waals surface area contributed by atoms with Crippen LogP contribution in [0.25, 0.3) is 46.4 Å². The molecule has 6 rings (SSSR count). The van der Waals surface area contributed by atoms with Gasteiger partial charge < -0.3 is 28.9 Å². The molecule has 0 radical (unpaired) electrons. The maximum Gasteiger partial charge on any atom is 0.208 e. The van der Waals surface area contributed by atoms with Gasteiger partial charge in [-0.2, -0.15) is 0 Å². The molecule has 4 aromatic rings. The van der Waals surface area contributed by atoms with Gasteiger partial charge >= 0.3 is 0 Å². The third-order valence-corrected chi connectivity index (χ3v) is 6.27. The van der Waals surface area contributed by atoms with E-state index >= 15 is 0 Å². The summed E-state index contributed by atoms with van der Waals surface area (Å²) < 4.78 is 20.6. The van der Waals surface area contributed by atoms with Crippen LogP contribution in [0.1, 0.15) is 22.8 Å². The van der Waals surface area contributed by atoms with Crippen molar-refractivity contribution in [3.63, 3.8) is 0 Å². The second-order valence-electron chi connectivity index (χ2n) is 8.57. The number of nitrogens with one attached hydrogen (secondary N) is 2. The van der Waals surface area contributed by atoms with Crippen LogP contribution in [0.2, 0.25) is 5.02 Å². The molecule has 1 aromatic carbocycles. The molecule has 0 fully saturated rings.